The lowest BCUT2D eigenvalue weighted by Gasteiger charge is -2.24. The van der Waals surface area contributed by atoms with Crippen molar-refractivity contribution in [2.24, 2.45) is 0 Å². The summed E-state index contributed by atoms with van der Waals surface area (Å²) in [6.07, 6.45) is 54.7. The number of hydrogen-bond donors (Lipinski definition) is 1. The lowest BCUT2D eigenvalue weighted by molar-refractivity contribution is -0.870. The van der Waals surface area contributed by atoms with Crippen LogP contribution < -0.4 is 0 Å². The molecule has 0 aromatic carbocycles. The molecule has 60 heavy (non-hydrogen) atoms. The third-order valence-corrected chi connectivity index (χ3v) is 10.1. The zero-order valence-electron chi connectivity index (χ0n) is 38.4. The highest BCUT2D eigenvalue weighted by molar-refractivity contribution is 7.47. The maximum atomic E-state index is 12.7. The van der Waals surface area contributed by atoms with E-state index in [1.807, 2.05) is 33.3 Å². The molecule has 0 fully saturated rings. The lowest BCUT2D eigenvalue weighted by Crippen LogP contribution is -2.37. The van der Waals surface area contributed by atoms with Gasteiger partial charge in [-0.25, -0.2) is 4.57 Å². The van der Waals surface area contributed by atoms with Gasteiger partial charge in [-0.2, -0.15) is 0 Å². The molecule has 0 saturated heterocycles. The Balaban J connectivity index is 4.53. The summed E-state index contributed by atoms with van der Waals surface area (Å²) in [5.41, 5.74) is 0. The van der Waals surface area contributed by atoms with Crippen molar-refractivity contribution in [1.29, 1.82) is 0 Å². The highest BCUT2D eigenvalue weighted by Crippen LogP contribution is 2.43. The number of esters is 2. The zero-order chi connectivity index (χ0) is 44.3. The van der Waals surface area contributed by atoms with Crippen LogP contribution in [0, 0.1) is 0 Å². The molecular weight excluding hydrogens is 774 g/mol. The third kappa shape index (κ3) is 44.5. The molecule has 0 radical (unpaired) electrons. The first-order valence-corrected chi connectivity index (χ1v) is 24.5. The van der Waals surface area contributed by atoms with E-state index in [0.717, 1.165) is 64.2 Å². The quantitative estimate of drug-likeness (QED) is 0.0213. The maximum absolute atomic E-state index is 12.7. The van der Waals surface area contributed by atoms with Crippen LogP contribution in [-0.4, -0.2) is 74.9 Å². The van der Waals surface area contributed by atoms with E-state index in [9.17, 15) is 19.0 Å². The lowest BCUT2D eigenvalue weighted by atomic mass is 10.1. The molecule has 0 bridgehead atoms. The van der Waals surface area contributed by atoms with Gasteiger partial charge in [0.2, 0.25) is 0 Å². The minimum Gasteiger partial charge on any atom is -0.462 e. The van der Waals surface area contributed by atoms with Crippen LogP contribution in [0.2, 0.25) is 0 Å². The largest absolute Gasteiger partial charge is 0.472 e. The number of unbranched alkanes of at least 4 members (excludes halogenated alkanes) is 10. The Morgan fingerprint density at radius 3 is 1.38 bits per heavy atom. The molecule has 0 aliphatic carbocycles. The first kappa shape index (κ1) is 56.9. The van der Waals surface area contributed by atoms with E-state index in [0.29, 0.717) is 23.9 Å². The van der Waals surface area contributed by atoms with Crippen molar-refractivity contribution < 1.29 is 42.1 Å². The number of nitrogens with zero attached hydrogens (tertiary/aromatic N) is 1. The minimum absolute atomic E-state index is 0.0105. The Labute approximate surface area is 366 Å². The van der Waals surface area contributed by atoms with Crippen molar-refractivity contribution in [3.05, 3.63) is 97.2 Å². The fourth-order valence-corrected chi connectivity index (χ4v) is 6.21. The van der Waals surface area contributed by atoms with Gasteiger partial charge in [0.25, 0.3) is 0 Å². The molecule has 1 unspecified atom stereocenters. The number of likely N-dealkylation sites (N-methyl/N-ethyl adjacent to an activating group) is 1. The Morgan fingerprint density at radius 2 is 0.933 bits per heavy atom. The van der Waals surface area contributed by atoms with E-state index in [-0.39, 0.29) is 26.1 Å². The molecule has 2 atom stereocenters. The topological polar surface area (TPSA) is 108 Å². The summed E-state index contributed by atoms with van der Waals surface area (Å²) < 4.78 is 34.2. The number of rotatable bonds is 40. The number of carbonyl (C=O) groups excluding carboxylic acids is 2. The maximum Gasteiger partial charge on any atom is 0.472 e. The first-order chi connectivity index (χ1) is 29.0. The van der Waals surface area contributed by atoms with Crippen molar-refractivity contribution in [1.82, 2.24) is 0 Å². The van der Waals surface area contributed by atoms with Gasteiger partial charge in [-0.1, -0.05) is 150 Å². The highest BCUT2D eigenvalue weighted by atomic mass is 31.2. The third-order valence-electron chi connectivity index (χ3n) is 9.10. The van der Waals surface area contributed by atoms with Crippen molar-refractivity contribution in [3.8, 4) is 0 Å². The van der Waals surface area contributed by atoms with Gasteiger partial charge in [0.15, 0.2) is 6.10 Å². The second kappa shape index (κ2) is 41.3. The molecule has 0 amide bonds. The normalized spacial score (nSPS) is 14.4. The van der Waals surface area contributed by atoms with Gasteiger partial charge in [0.1, 0.15) is 19.8 Å². The summed E-state index contributed by atoms with van der Waals surface area (Å²) >= 11 is 0. The van der Waals surface area contributed by atoms with Gasteiger partial charge in [-0.05, 0) is 89.9 Å². The number of phosphoric ester groups is 1. The van der Waals surface area contributed by atoms with E-state index in [1.54, 1.807) is 0 Å². The monoisotopic (exact) mass is 859 g/mol. The molecule has 0 aliphatic rings. The summed E-state index contributed by atoms with van der Waals surface area (Å²) in [6.45, 7) is 4.23. The van der Waals surface area contributed by atoms with Gasteiger partial charge in [0.05, 0.1) is 27.7 Å². The Kier molecular flexibility index (Phi) is 39.2. The molecule has 0 aromatic heterocycles. The fraction of sp³-hybridized carbons (Fsp3) is 0.640. The van der Waals surface area contributed by atoms with Crippen molar-refractivity contribution in [2.45, 2.75) is 161 Å². The van der Waals surface area contributed by atoms with Crippen molar-refractivity contribution >= 4 is 19.8 Å². The number of hydrogen-bond acceptors (Lipinski definition) is 7. The second-order valence-corrected chi connectivity index (χ2v) is 17.5. The average molecular weight is 859 g/mol. The molecule has 342 valence electrons. The summed E-state index contributed by atoms with van der Waals surface area (Å²) in [7, 11) is 1.41. The number of quaternary nitrogens is 1. The van der Waals surface area contributed by atoms with E-state index in [4.69, 9.17) is 18.5 Å². The van der Waals surface area contributed by atoms with Gasteiger partial charge >= 0.3 is 19.8 Å². The van der Waals surface area contributed by atoms with E-state index >= 15 is 0 Å². The van der Waals surface area contributed by atoms with Crippen LogP contribution in [0.4, 0.5) is 0 Å². The van der Waals surface area contributed by atoms with Gasteiger partial charge in [-0.15, -0.1) is 0 Å². The molecular formula is C50H85NO8P+. The number of phosphoric acid groups is 1. The molecule has 1 N–H and O–H groups in total. The number of allylic oxidation sites excluding steroid dienone is 16. The summed E-state index contributed by atoms with van der Waals surface area (Å²) in [5.74, 6) is -0.930. The van der Waals surface area contributed by atoms with Crippen molar-refractivity contribution in [3.63, 3.8) is 0 Å². The number of ether oxygens (including phenoxy) is 2. The predicted octanol–water partition coefficient (Wildman–Crippen LogP) is 13.4. The zero-order valence-corrected chi connectivity index (χ0v) is 39.3. The molecule has 0 heterocycles. The smallest absolute Gasteiger partial charge is 0.462 e. The van der Waals surface area contributed by atoms with Crippen LogP contribution in [0.15, 0.2) is 97.2 Å². The van der Waals surface area contributed by atoms with Crippen LogP contribution in [0.25, 0.3) is 0 Å². The van der Waals surface area contributed by atoms with Crippen LogP contribution in [0.3, 0.4) is 0 Å². The molecule has 0 rings (SSSR count). The Morgan fingerprint density at radius 1 is 0.517 bits per heavy atom. The van der Waals surface area contributed by atoms with E-state index < -0.39 is 32.5 Å². The molecule has 0 spiro atoms. The Hall–Kier alpha value is -3.07. The molecule has 10 heteroatoms. The predicted molar refractivity (Wildman–Crippen MR) is 252 cm³/mol. The van der Waals surface area contributed by atoms with Crippen LogP contribution in [0.5, 0.6) is 0 Å². The van der Waals surface area contributed by atoms with Gasteiger partial charge in [-0.3, -0.25) is 18.6 Å². The average Bonchev–Trinajstić information content (AvgIpc) is 3.20. The minimum atomic E-state index is -4.41. The fourth-order valence-electron chi connectivity index (χ4n) is 5.47. The van der Waals surface area contributed by atoms with Crippen LogP contribution in [-0.2, 0) is 32.7 Å². The molecule has 9 nitrogen and oxygen atoms in total. The first-order valence-electron chi connectivity index (χ1n) is 23.0. The van der Waals surface area contributed by atoms with Crippen LogP contribution in [0.1, 0.15) is 155 Å². The molecule has 0 saturated carbocycles. The number of carbonyl (C=O) groups is 2. The molecule has 0 aliphatic heterocycles. The molecule has 0 aromatic rings. The summed E-state index contributed by atoms with van der Waals surface area (Å²) in [5, 5.41) is 0. The van der Waals surface area contributed by atoms with E-state index in [1.165, 1.54) is 51.4 Å². The van der Waals surface area contributed by atoms with Crippen LogP contribution >= 0.6 is 7.82 Å². The highest BCUT2D eigenvalue weighted by Gasteiger charge is 2.27. The SMILES string of the molecule is CCCCC/C=C\C/C=C\C/C=C\C/C=C\C/C=C\CCC(=O)OC[C@H](COP(=O)(O)OCC[N+](C)(C)C)OC(=O)CCCCCC/C=C\C/C=C\C/C=C\CCCCC. The van der Waals surface area contributed by atoms with Gasteiger partial charge in [0, 0.05) is 12.8 Å². The van der Waals surface area contributed by atoms with Gasteiger partial charge < -0.3 is 18.9 Å². The second-order valence-electron chi connectivity index (χ2n) is 16.1. The Bertz CT molecular complexity index is 1340. The summed E-state index contributed by atoms with van der Waals surface area (Å²) in [4.78, 5) is 35.4. The summed E-state index contributed by atoms with van der Waals surface area (Å²) in [6, 6.07) is 0. The van der Waals surface area contributed by atoms with E-state index in [2.05, 4.69) is 98.9 Å². The van der Waals surface area contributed by atoms with Crippen molar-refractivity contribution in [2.75, 3.05) is 47.5 Å². The standard InChI is InChI=1S/C50H84NO8P/c1-6-8-10-12-14-16-18-20-22-24-25-27-28-30-32-34-36-38-40-42-49(52)56-46-48(47-58-60(54,55)57-45-44-51(3,4)5)59-50(53)43-41-39-37-35-33-31-29-26-23-21-19-17-15-13-11-9-7-2/h14-17,20-23,25,27,29-32,36,38,48H,6-13,18-19,24,26,28,33-35,37,39-47H2,1-5H3/p+1/b16-14-,17-15-,22-20-,23-21-,27-25-,31-29-,32-30-,38-36-/t48-/m1/s1.